The summed E-state index contributed by atoms with van der Waals surface area (Å²) in [5.74, 6) is 0.693. The summed E-state index contributed by atoms with van der Waals surface area (Å²) in [7, 11) is 0. The first-order chi connectivity index (χ1) is 34.7. The molecule has 10 aromatic rings. The second-order valence-electron chi connectivity index (χ2n) is 24.8. The molecule has 0 amide bonds. The number of nitrogens with zero attached hydrogens (tertiary/aromatic N) is 4. The maximum absolute atomic E-state index is 5.62. The van der Waals surface area contributed by atoms with Crippen LogP contribution in [0.15, 0.2) is 176 Å². The zero-order chi connectivity index (χ0) is 50.9. The van der Waals surface area contributed by atoms with Crippen molar-refractivity contribution in [2.75, 3.05) is 9.80 Å². The summed E-state index contributed by atoms with van der Waals surface area (Å²) < 4.78 is 0. The predicted octanol–water partition coefficient (Wildman–Crippen LogP) is 16.5. The highest BCUT2D eigenvalue weighted by molar-refractivity contribution is 7.00. The molecular weight excluding hydrogens is 884 g/mol. The topological polar surface area (TPSA) is 32.3 Å². The fourth-order valence-electron chi connectivity index (χ4n) is 11.4. The Morgan fingerprint density at radius 2 is 0.781 bits per heavy atom. The first kappa shape index (κ1) is 46.6. The highest BCUT2D eigenvalue weighted by Crippen LogP contribution is 2.51. The highest BCUT2D eigenvalue weighted by atomic mass is 15.2. The molecule has 0 radical (unpaired) electrons. The van der Waals surface area contributed by atoms with Gasteiger partial charge in [0.25, 0.3) is 6.71 Å². The normalized spacial score (nSPS) is 13.7. The van der Waals surface area contributed by atoms with E-state index in [1.807, 2.05) is 0 Å². The van der Waals surface area contributed by atoms with Gasteiger partial charge in [0.05, 0.1) is 11.2 Å². The summed E-state index contributed by atoms with van der Waals surface area (Å²) in [4.78, 5) is 16.4. The van der Waals surface area contributed by atoms with Crippen molar-refractivity contribution in [2.45, 2.75) is 105 Å². The third kappa shape index (κ3) is 7.82. The van der Waals surface area contributed by atoms with Crippen molar-refractivity contribution in [3.8, 4) is 22.6 Å². The molecule has 3 heterocycles. The molecule has 0 bridgehead atoms. The maximum Gasteiger partial charge on any atom is 0.252 e. The van der Waals surface area contributed by atoms with Gasteiger partial charge >= 0.3 is 0 Å². The minimum atomic E-state index is -0.108. The number of anilines is 6. The van der Waals surface area contributed by atoms with Crippen LogP contribution in [-0.2, 0) is 21.7 Å². The fraction of sp³-hybridized carbons (Fsp3) is 0.235. The summed E-state index contributed by atoms with van der Waals surface area (Å²) in [6.07, 6.45) is 0. The molecule has 1 aromatic heterocycles. The molecule has 0 N–H and O–H groups in total. The predicted molar refractivity (Wildman–Crippen MR) is 314 cm³/mol. The molecule has 0 fully saturated rings. The number of aromatic nitrogens is 2. The van der Waals surface area contributed by atoms with Crippen LogP contribution in [0, 0.1) is 0 Å². The van der Waals surface area contributed by atoms with E-state index in [4.69, 9.17) is 9.97 Å². The van der Waals surface area contributed by atoms with E-state index in [0.717, 1.165) is 50.5 Å². The lowest BCUT2D eigenvalue weighted by atomic mass is 9.33. The lowest BCUT2D eigenvalue weighted by Gasteiger charge is -2.45. The molecule has 0 spiro atoms. The third-order valence-corrected chi connectivity index (χ3v) is 15.6. The van der Waals surface area contributed by atoms with Crippen molar-refractivity contribution in [1.29, 1.82) is 0 Å². The van der Waals surface area contributed by atoms with E-state index >= 15 is 0 Å². The summed E-state index contributed by atoms with van der Waals surface area (Å²) in [5, 5.41) is 5.90. The van der Waals surface area contributed by atoms with E-state index in [1.54, 1.807) is 0 Å². The van der Waals surface area contributed by atoms with Gasteiger partial charge in [-0.1, -0.05) is 217 Å². The van der Waals surface area contributed by atoms with Gasteiger partial charge in [-0.15, -0.1) is 0 Å². The van der Waals surface area contributed by atoms with Crippen LogP contribution in [0.5, 0.6) is 0 Å². The van der Waals surface area contributed by atoms with E-state index in [0.29, 0.717) is 5.82 Å². The van der Waals surface area contributed by atoms with Crippen molar-refractivity contribution < 1.29 is 0 Å². The molecule has 9 aromatic carbocycles. The molecule has 2 aliphatic heterocycles. The molecule has 0 aliphatic carbocycles. The van der Waals surface area contributed by atoms with E-state index in [2.05, 4.69) is 269 Å². The molecule has 2 aliphatic rings. The Kier molecular flexibility index (Phi) is 10.5. The SMILES string of the molecule is CC(C)(C)c1cc(N2c3cc(-c4nc(-c5ccccc5)c5ccccc5n4)cc4c3B(c3ccc5ccccc5c32)c2ccc3ccccc3c2N4c2cc(C(C)(C)C)cc(C(C)(C)C)c2)cc(C(C)(C)C)c1. The van der Waals surface area contributed by atoms with Gasteiger partial charge in [-0.25, -0.2) is 9.97 Å². The van der Waals surface area contributed by atoms with Gasteiger partial charge in [0.15, 0.2) is 5.82 Å². The van der Waals surface area contributed by atoms with Crippen LogP contribution < -0.4 is 26.2 Å². The van der Waals surface area contributed by atoms with Gasteiger partial charge < -0.3 is 9.80 Å². The summed E-state index contributed by atoms with van der Waals surface area (Å²) in [6, 6.07) is 66.2. The van der Waals surface area contributed by atoms with Gasteiger partial charge in [0.2, 0.25) is 0 Å². The van der Waals surface area contributed by atoms with Crippen molar-refractivity contribution in [2.24, 2.45) is 0 Å². The third-order valence-electron chi connectivity index (χ3n) is 15.6. The molecule has 0 atom stereocenters. The fourth-order valence-corrected chi connectivity index (χ4v) is 11.4. The Hall–Kier alpha value is -7.50. The summed E-state index contributed by atoms with van der Waals surface area (Å²) >= 11 is 0. The average Bonchev–Trinajstić information content (AvgIpc) is 3.36. The summed E-state index contributed by atoms with van der Waals surface area (Å²) in [6.45, 7) is 28.0. The van der Waals surface area contributed by atoms with Crippen LogP contribution in [0.3, 0.4) is 0 Å². The minimum absolute atomic E-state index is 0.0936. The van der Waals surface area contributed by atoms with Crippen molar-refractivity contribution >= 4 is 89.7 Å². The first-order valence-corrected chi connectivity index (χ1v) is 26.2. The number of rotatable bonds is 4. The van der Waals surface area contributed by atoms with Crippen molar-refractivity contribution in [3.63, 3.8) is 0 Å². The quantitative estimate of drug-likeness (QED) is 0.165. The van der Waals surface area contributed by atoms with Crippen molar-refractivity contribution in [1.82, 2.24) is 9.97 Å². The lowest BCUT2D eigenvalue weighted by molar-refractivity contribution is 0.568. The number of hydrogen-bond donors (Lipinski definition) is 0. The smallest absolute Gasteiger partial charge is 0.252 e. The van der Waals surface area contributed by atoms with Gasteiger partial charge in [-0.2, -0.15) is 0 Å². The Morgan fingerprint density at radius 3 is 1.23 bits per heavy atom. The molecular formula is C68H65BN4. The Balaban J connectivity index is 1.29. The largest absolute Gasteiger partial charge is 0.311 e. The zero-order valence-electron chi connectivity index (χ0n) is 44.6. The molecule has 12 rings (SSSR count). The number of fused-ring (bicyclic) bond motifs is 9. The van der Waals surface area contributed by atoms with E-state index in [-0.39, 0.29) is 28.4 Å². The number of benzene rings is 9. The highest BCUT2D eigenvalue weighted by Gasteiger charge is 2.45. The van der Waals surface area contributed by atoms with E-state index in [9.17, 15) is 0 Å². The van der Waals surface area contributed by atoms with Crippen LogP contribution in [-0.4, -0.2) is 16.7 Å². The standard InChI is InChI=1S/C68H65BN4/c1-65(2,3)46-36-47(66(4,5)6)39-50(38-46)72-58-34-45(64-70-57-29-21-20-28-54(57)61(71-64)44-24-14-13-15-25-44)35-59-60(58)69(55-32-30-42-22-16-18-26-52(42)62(55)72)56-33-31-43-23-17-19-27-53(43)63(56)73(59)51-40-48(67(7,8)9)37-49(41-51)68(10,11)12/h13-41H,1-12H3. The molecule has 73 heavy (non-hydrogen) atoms. The number of hydrogen-bond acceptors (Lipinski definition) is 4. The molecule has 0 saturated carbocycles. The minimum Gasteiger partial charge on any atom is -0.311 e. The molecule has 360 valence electrons. The van der Waals surface area contributed by atoms with E-state index in [1.165, 1.54) is 71.6 Å². The zero-order valence-corrected chi connectivity index (χ0v) is 44.6. The van der Waals surface area contributed by atoms with Crippen LogP contribution in [0.4, 0.5) is 34.1 Å². The average molecular weight is 949 g/mol. The van der Waals surface area contributed by atoms with Gasteiger partial charge in [-0.05, 0) is 114 Å². The summed E-state index contributed by atoms with van der Waals surface area (Å²) in [5.41, 5.74) is 19.5. The van der Waals surface area contributed by atoms with Crippen LogP contribution in [0.2, 0.25) is 0 Å². The second kappa shape index (κ2) is 16.5. The van der Waals surface area contributed by atoms with Crippen LogP contribution in [0.25, 0.3) is 55.1 Å². The molecule has 0 saturated heterocycles. The second-order valence-corrected chi connectivity index (χ2v) is 24.8. The van der Waals surface area contributed by atoms with Gasteiger partial charge in [0, 0.05) is 61.4 Å². The lowest BCUT2D eigenvalue weighted by Crippen LogP contribution is -2.61. The first-order valence-electron chi connectivity index (χ1n) is 26.2. The monoisotopic (exact) mass is 949 g/mol. The van der Waals surface area contributed by atoms with Crippen molar-refractivity contribution in [3.05, 3.63) is 198 Å². The van der Waals surface area contributed by atoms with Crippen LogP contribution >= 0.6 is 0 Å². The molecule has 4 nitrogen and oxygen atoms in total. The Bertz CT molecular complexity index is 3610. The van der Waals surface area contributed by atoms with Crippen LogP contribution in [0.1, 0.15) is 105 Å². The molecule has 5 heteroatoms. The maximum atomic E-state index is 5.62. The van der Waals surface area contributed by atoms with E-state index < -0.39 is 0 Å². The van der Waals surface area contributed by atoms with Gasteiger partial charge in [-0.3, -0.25) is 0 Å². The Morgan fingerprint density at radius 1 is 0.370 bits per heavy atom. The molecule has 0 unspecified atom stereocenters. The Labute approximate surface area is 432 Å². The van der Waals surface area contributed by atoms with Gasteiger partial charge in [0.1, 0.15) is 0 Å². The number of para-hydroxylation sites is 1.